The van der Waals surface area contributed by atoms with Crippen molar-refractivity contribution in [2.24, 2.45) is 0 Å². The van der Waals surface area contributed by atoms with Crippen molar-refractivity contribution in [2.75, 3.05) is 23.7 Å². The molecule has 37 heavy (non-hydrogen) atoms. The Kier molecular flexibility index (Phi) is 7.38. The van der Waals surface area contributed by atoms with Gasteiger partial charge in [0.15, 0.2) is 5.82 Å². The molecular weight excluding hydrogens is 466 g/mol. The number of rotatable bonds is 9. The van der Waals surface area contributed by atoms with Crippen LogP contribution in [-0.2, 0) is 16.0 Å². The summed E-state index contributed by atoms with van der Waals surface area (Å²) in [5, 5.41) is 21.9. The van der Waals surface area contributed by atoms with Crippen molar-refractivity contribution in [1.29, 1.82) is 5.26 Å². The zero-order valence-electron chi connectivity index (χ0n) is 20.5. The van der Waals surface area contributed by atoms with Gasteiger partial charge in [-0.3, -0.25) is 19.6 Å². The quantitative estimate of drug-likeness (QED) is 0.385. The Morgan fingerprint density at radius 2 is 2.00 bits per heavy atom. The molecule has 188 valence electrons. The first-order valence-corrected chi connectivity index (χ1v) is 12.6. The number of hydrogen-bond donors (Lipinski definition) is 3. The van der Waals surface area contributed by atoms with Gasteiger partial charge in [0.1, 0.15) is 5.82 Å². The molecule has 9 heteroatoms. The summed E-state index contributed by atoms with van der Waals surface area (Å²) in [6, 6.07) is 15.5. The smallest absolute Gasteiger partial charge is 0.249 e. The second kappa shape index (κ2) is 11.2. The van der Waals surface area contributed by atoms with E-state index >= 15 is 0 Å². The molecule has 5 rings (SSSR count). The fourth-order valence-corrected chi connectivity index (χ4v) is 4.53. The second-order valence-electron chi connectivity index (χ2n) is 9.51. The number of pyridine rings is 1. The Balaban J connectivity index is 1.13. The van der Waals surface area contributed by atoms with Crippen molar-refractivity contribution in [2.45, 2.75) is 44.1 Å². The number of amides is 2. The number of likely N-dealkylation sites (tertiary alicyclic amines) is 1. The molecule has 2 amide bonds. The first kappa shape index (κ1) is 24.4. The molecule has 2 aromatic heterocycles. The summed E-state index contributed by atoms with van der Waals surface area (Å²) in [5.74, 6) is 1.18. The first-order chi connectivity index (χ1) is 18.1. The summed E-state index contributed by atoms with van der Waals surface area (Å²) in [6.45, 7) is 1.46. The van der Waals surface area contributed by atoms with Gasteiger partial charge in [0.2, 0.25) is 11.8 Å². The van der Waals surface area contributed by atoms with E-state index in [-0.39, 0.29) is 24.3 Å². The van der Waals surface area contributed by atoms with Crippen molar-refractivity contribution < 1.29 is 9.59 Å². The number of nitrogens with zero attached hydrogens (tertiary/aromatic N) is 4. The second-order valence-corrected chi connectivity index (χ2v) is 9.51. The first-order valence-electron chi connectivity index (χ1n) is 12.6. The Labute approximate surface area is 215 Å². The zero-order valence-corrected chi connectivity index (χ0v) is 20.5. The molecule has 1 aromatic carbocycles. The number of H-pyrrole nitrogens is 1. The molecular formula is C28H29N7O2. The molecule has 1 saturated heterocycles. The number of benzene rings is 1. The molecule has 3 heterocycles. The topological polar surface area (TPSA) is 127 Å². The molecule has 2 aliphatic rings. The fraction of sp³-hybridized carbons (Fsp3) is 0.321. The fourth-order valence-electron chi connectivity index (χ4n) is 4.53. The third-order valence-electron chi connectivity index (χ3n) is 6.64. The van der Waals surface area contributed by atoms with Crippen molar-refractivity contribution >= 4 is 23.5 Å². The summed E-state index contributed by atoms with van der Waals surface area (Å²) < 4.78 is 0. The lowest BCUT2D eigenvalue weighted by molar-refractivity contribution is -0.115. The van der Waals surface area contributed by atoms with Gasteiger partial charge in [0, 0.05) is 42.1 Å². The van der Waals surface area contributed by atoms with Crippen LogP contribution in [0.3, 0.4) is 0 Å². The highest BCUT2D eigenvalue weighted by Crippen LogP contribution is 2.39. The van der Waals surface area contributed by atoms with Crippen LogP contribution in [0.5, 0.6) is 0 Å². The van der Waals surface area contributed by atoms with E-state index in [1.54, 1.807) is 18.3 Å². The van der Waals surface area contributed by atoms with Crippen LogP contribution < -0.4 is 10.6 Å². The number of carbonyl (C=O) groups is 2. The van der Waals surface area contributed by atoms with Gasteiger partial charge in [-0.2, -0.15) is 10.4 Å². The average molecular weight is 496 g/mol. The van der Waals surface area contributed by atoms with Crippen LogP contribution in [0.15, 0.2) is 60.8 Å². The molecule has 1 aliphatic heterocycles. The molecule has 0 radical (unpaired) electrons. The van der Waals surface area contributed by atoms with Gasteiger partial charge in [-0.15, -0.1) is 0 Å². The van der Waals surface area contributed by atoms with Crippen LogP contribution in [0, 0.1) is 11.3 Å². The number of hydrogen-bond acceptors (Lipinski definition) is 6. The predicted molar refractivity (Wildman–Crippen MR) is 141 cm³/mol. The third kappa shape index (κ3) is 6.48. The highest BCUT2D eigenvalue weighted by molar-refractivity contribution is 5.98. The van der Waals surface area contributed by atoms with Crippen LogP contribution in [0.25, 0.3) is 11.1 Å². The molecule has 0 unspecified atom stereocenters. The van der Waals surface area contributed by atoms with Crippen molar-refractivity contribution in [3.8, 4) is 17.2 Å². The van der Waals surface area contributed by atoms with E-state index in [1.165, 1.54) is 18.9 Å². The zero-order chi connectivity index (χ0) is 25.6. The lowest BCUT2D eigenvalue weighted by Crippen LogP contribution is -2.28. The molecule has 1 aliphatic carbocycles. The lowest BCUT2D eigenvalue weighted by Gasteiger charge is -2.15. The van der Waals surface area contributed by atoms with Crippen molar-refractivity contribution in [3.63, 3.8) is 0 Å². The predicted octanol–water partition coefficient (Wildman–Crippen LogP) is 4.01. The molecule has 1 saturated carbocycles. The lowest BCUT2D eigenvalue weighted by atomic mass is 10.0. The van der Waals surface area contributed by atoms with E-state index in [2.05, 4.69) is 36.8 Å². The highest BCUT2D eigenvalue weighted by Gasteiger charge is 2.25. The number of aromatic nitrogens is 3. The summed E-state index contributed by atoms with van der Waals surface area (Å²) in [7, 11) is 0. The minimum atomic E-state index is -0.262. The molecule has 3 N–H and O–H groups in total. The molecule has 2 fully saturated rings. The normalized spacial score (nSPS) is 17.5. The summed E-state index contributed by atoms with van der Waals surface area (Å²) in [5.41, 5.74) is 3.78. The molecule has 0 bridgehead atoms. The Bertz CT molecular complexity index is 1340. The number of anilines is 2. The van der Waals surface area contributed by atoms with Crippen LogP contribution >= 0.6 is 0 Å². The van der Waals surface area contributed by atoms with Crippen molar-refractivity contribution in [1.82, 2.24) is 20.1 Å². The van der Waals surface area contributed by atoms with Gasteiger partial charge in [-0.05, 0) is 55.5 Å². The highest BCUT2D eigenvalue weighted by atomic mass is 16.2. The van der Waals surface area contributed by atoms with Gasteiger partial charge < -0.3 is 10.6 Å². The van der Waals surface area contributed by atoms with Crippen LogP contribution in [0.4, 0.5) is 11.6 Å². The number of carbonyl (C=O) groups excluding carboxylic acids is 2. The molecule has 0 spiro atoms. The van der Waals surface area contributed by atoms with Gasteiger partial charge in [0.05, 0.1) is 18.5 Å². The van der Waals surface area contributed by atoms with Gasteiger partial charge >= 0.3 is 0 Å². The van der Waals surface area contributed by atoms with Gasteiger partial charge in [-0.1, -0.05) is 30.3 Å². The summed E-state index contributed by atoms with van der Waals surface area (Å²) in [6.07, 6.45) is 9.43. The van der Waals surface area contributed by atoms with Crippen LogP contribution in [0.2, 0.25) is 0 Å². The molecule has 3 aromatic rings. The Morgan fingerprint density at radius 3 is 2.78 bits per heavy atom. The van der Waals surface area contributed by atoms with Crippen LogP contribution in [-0.4, -0.2) is 51.0 Å². The van der Waals surface area contributed by atoms with Crippen LogP contribution in [0.1, 0.15) is 42.9 Å². The van der Waals surface area contributed by atoms with Gasteiger partial charge in [-0.25, -0.2) is 4.98 Å². The van der Waals surface area contributed by atoms with E-state index in [0.717, 1.165) is 41.8 Å². The molecule has 9 nitrogen and oxygen atoms in total. The van der Waals surface area contributed by atoms with E-state index in [0.29, 0.717) is 24.1 Å². The van der Waals surface area contributed by atoms with E-state index in [4.69, 9.17) is 5.26 Å². The minimum Gasteiger partial charge on any atom is -0.309 e. The minimum absolute atomic E-state index is 0.0638. The van der Waals surface area contributed by atoms with E-state index in [1.807, 2.05) is 36.4 Å². The Hall–Kier alpha value is -4.29. The third-order valence-corrected chi connectivity index (χ3v) is 6.64. The SMILES string of the molecule is N#C[C@@H]1CCCN1C/C=C/C(=O)Nc1ccc(-c2cccc(CC(=O)Nc3cc(C4CC4)[nH]n3)c2)cn1. The summed E-state index contributed by atoms with van der Waals surface area (Å²) >= 11 is 0. The maximum Gasteiger partial charge on any atom is 0.249 e. The summed E-state index contributed by atoms with van der Waals surface area (Å²) in [4.78, 5) is 31.2. The van der Waals surface area contributed by atoms with E-state index < -0.39 is 0 Å². The van der Waals surface area contributed by atoms with E-state index in [9.17, 15) is 9.59 Å². The Morgan fingerprint density at radius 1 is 1.11 bits per heavy atom. The average Bonchev–Trinajstić information content (AvgIpc) is 3.47. The van der Waals surface area contributed by atoms with Crippen molar-refractivity contribution in [3.05, 3.63) is 72.1 Å². The number of nitriles is 1. The number of nitrogens with one attached hydrogen (secondary N) is 3. The van der Waals surface area contributed by atoms with Gasteiger partial charge in [0.25, 0.3) is 0 Å². The maximum atomic E-state index is 12.5. The largest absolute Gasteiger partial charge is 0.309 e. The maximum absolute atomic E-state index is 12.5. The standard InChI is InChI=1S/C28H29N7O2/c29-17-23-6-2-12-35(23)13-3-7-27(36)31-25-11-10-22(18-30-25)21-5-1-4-19(14-21)15-28(37)32-26-16-24(33-34-26)20-8-9-20/h1,3-5,7,10-11,14,16,18,20,23H,2,6,8-9,12-13,15H2,(H,30,31,36)(H2,32,33,34,37)/b7-3+/t23-/m0/s1. The monoisotopic (exact) mass is 495 g/mol. The number of aromatic amines is 1. The molecule has 1 atom stereocenters.